The molecule has 1 fully saturated rings. The molecule has 1 amide bonds. The topological polar surface area (TPSA) is 69.6 Å². The SMILES string of the molecule is CC1CC(C)CN(CC(=O)Nc2sc3c(c2C(=O)O)CCCC3)C1. The zero-order chi connectivity index (χ0) is 17.3. The zero-order valence-corrected chi connectivity index (χ0v) is 15.2. The summed E-state index contributed by atoms with van der Waals surface area (Å²) in [6, 6.07) is 0. The van der Waals surface area contributed by atoms with Crippen LogP contribution in [0.25, 0.3) is 0 Å². The lowest BCUT2D eigenvalue weighted by Crippen LogP contribution is -2.42. The highest BCUT2D eigenvalue weighted by Crippen LogP contribution is 2.38. The van der Waals surface area contributed by atoms with Crippen LogP contribution in [0.5, 0.6) is 0 Å². The quantitative estimate of drug-likeness (QED) is 0.875. The van der Waals surface area contributed by atoms with E-state index in [2.05, 4.69) is 24.1 Å². The molecule has 0 radical (unpaired) electrons. The van der Waals surface area contributed by atoms with E-state index in [1.807, 2.05) is 0 Å². The van der Waals surface area contributed by atoms with Gasteiger partial charge in [-0.3, -0.25) is 9.69 Å². The normalized spacial score (nSPS) is 24.4. The monoisotopic (exact) mass is 350 g/mol. The number of hydrogen-bond acceptors (Lipinski definition) is 4. The zero-order valence-electron chi connectivity index (χ0n) is 14.4. The first-order chi connectivity index (χ1) is 11.4. The molecule has 2 unspecified atom stereocenters. The Morgan fingerprint density at radius 3 is 2.54 bits per heavy atom. The largest absolute Gasteiger partial charge is 0.478 e. The number of aromatic carboxylic acids is 1. The van der Waals surface area contributed by atoms with Gasteiger partial charge in [-0.1, -0.05) is 13.8 Å². The van der Waals surface area contributed by atoms with Gasteiger partial charge in [-0.2, -0.15) is 0 Å². The van der Waals surface area contributed by atoms with Crippen molar-refractivity contribution in [2.24, 2.45) is 11.8 Å². The second kappa shape index (κ2) is 7.23. The number of piperidine rings is 1. The van der Waals surface area contributed by atoms with Gasteiger partial charge in [-0.05, 0) is 49.5 Å². The van der Waals surface area contributed by atoms with Crippen molar-refractivity contribution in [3.8, 4) is 0 Å². The van der Waals surface area contributed by atoms with Crippen molar-refractivity contribution < 1.29 is 14.7 Å². The van der Waals surface area contributed by atoms with E-state index >= 15 is 0 Å². The molecular weight excluding hydrogens is 324 g/mol. The molecule has 0 bridgehead atoms. The van der Waals surface area contributed by atoms with Crippen LogP contribution in [0, 0.1) is 11.8 Å². The summed E-state index contributed by atoms with van der Waals surface area (Å²) in [7, 11) is 0. The van der Waals surface area contributed by atoms with Crippen molar-refractivity contribution in [3.05, 3.63) is 16.0 Å². The molecule has 0 spiro atoms. The Labute approximate surface area is 147 Å². The number of carbonyl (C=O) groups excluding carboxylic acids is 1. The smallest absolute Gasteiger partial charge is 0.339 e. The van der Waals surface area contributed by atoms with E-state index in [1.165, 1.54) is 17.8 Å². The summed E-state index contributed by atoms with van der Waals surface area (Å²) in [5, 5.41) is 13.0. The van der Waals surface area contributed by atoms with Crippen LogP contribution >= 0.6 is 11.3 Å². The van der Waals surface area contributed by atoms with Crippen LogP contribution in [0.15, 0.2) is 0 Å². The van der Waals surface area contributed by atoms with Gasteiger partial charge in [0.05, 0.1) is 12.1 Å². The average Bonchev–Trinajstić information content (AvgIpc) is 2.83. The fourth-order valence-corrected chi connectivity index (χ4v) is 5.47. The standard InChI is InChI=1S/C18H26N2O3S/c1-11-7-12(2)9-20(8-11)10-15(21)19-17-16(18(22)23)13-5-3-4-6-14(13)24-17/h11-12H,3-10H2,1-2H3,(H,19,21)(H,22,23). The maximum Gasteiger partial charge on any atom is 0.339 e. The number of hydrogen-bond donors (Lipinski definition) is 2. The molecule has 2 aliphatic rings. The third kappa shape index (κ3) is 3.81. The fourth-order valence-electron chi connectivity index (χ4n) is 4.17. The maximum absolute atomic E-state index is 12.4. The van der Waals surface area contributed by atoms with Crippen molar-refractivity contribution in [2.75, 3.05) is 25.0 Å². The fraction of sp³-hybridized carbons (Fsp3) is 0.667. The summed E-state index contributed by atoms with van der Waals surface area (Å²) in [6.45, 7) is 6.65. The van der Waals surface area contributed by atoms with E-state index < -0.39 is 5.97 Å². The van der Waals surface area contributed by atoms with Crippen LogP contribution in [0.4, 0.5) is 5.00 Å². The molecule has 2 atom stereocenters. The second-order valence-corrected chi connectivity index (χ2v) is 8.51. The van der Waals surface area contributed by atoms with Gasteiger partial charge in [0.2, 0.25) is 5.91 Å². The highest BCUT2D eigenvalue weighted by Gasteiger charge is 2.27. The van der Waals surface area contributed by atoms with E-state index in [1.54, 1.807) is 0 Å². The Kier molecular flexibility index (Phi) is 5.25. The van der Waals surface area contributed by atoms with Crippen molar-refractivity contribution in [2.45, 2.75) is 46.0 Å². The summed E-state index contributed by atoms with van der Waals surface area (Å²) in [4.78, 5) is 27.4. The third-order valence-corrected chi connectivity index (χ3v) is 6.16. The predicted molar refractivity (Wildman–Crippen MR) is 95.9 cm³/mol. The molecule has 1 aromatic rings. The highest BCUT2D eigenvalue weighted by molar-refractivity contribution is 7.17. The summed E-state index contributed by atoms with van der Waals surface area (Å²) in [6.07, 6.45) is 5.07. The van der Waals surface area contributed by atoms with Gasteiger partial charge in [-0.25, -0.2) is 4.79 Å². The Hall–Kier alpha value is -1.40. The summed E-state index contributed by atoms with van der Waals surface area (Å²) in [5.41, 5.74) is 1.26. The molecule has 1 aliphatic heterocycles. The van der Waals surface area contributed by atoms with Gasteiger partial charge in [0.25, 0.3) is 0 Å². The number of rotatable bonds is 4. The number of carboxylic acid groups (broad SMARTS) is 1. The molecule has 2 heterocycles. The highest BCUT2D eigenvalue weighted by atomic mass is 32.1. The van der Waals surface area contributed by atoms with Gasteiger partial charge < -0.3 is 10.4 Å². The van der Waals surface area contributed by atoms with E-state index in [4.69, 9.17) is 0 Å². The van der Waals surface area contributed by atoms with E-state index in [9.17, 15) is 14.7 Å². The summed E-state index contributed by atoms with van der Waals surface area (Å²) >= 11 is 1.45. The van der Waals surface area contributed by atoms with Crippen LogP contribution in [0.2, 0.25) is 0 Å². The van der Waals surface area contributed by atoms with Crippen LogP contribution in [-0.4, -0.2) is 41.5 Å². The van der Waals surface area contributed by atoms with Crippen molar-refractivity contribution in [1.29, 1.82) is 0 Å². The van der Waals surface area contributed by atoms with Gasteiger partial charge in [-0.15, -0.1) is 11.3 Å². The Bertz CT molecular complexity index is 630. The lowest BCUT2D eigenvalue weighted by Gasteiger charge is -2.34. The number of fused-ring (bicyclic) bond motifs is 1. The second-order valence-electron chi connectivity index (χ2n) is 7.41. The molecule has 6 heteroatoms. The minimum absolute atomic E-state index is 0.0996. The number of carbonyl (C=O) groups is 2. The van der Waals surface area contributed by atoms with E-state index in [0.717, 1.165) is 49.2 Å². The van der Waals surface area contributed by atoms with Gasteiger partial charge in [0, 0.05) is 18.0 Å². The molecule has 3 rings (SSSR count). The Morgan fingerprint density at radius 2 is 1.88 bits per heavy atom. The molecule has 1 aliphatic carbocycles. The van der Waals surface area contributed by atoms with Gasteiger partial charge >= 0.3 is 5.97 Å². The number of aryl methyl sites for hydroxylation is 1. The Morgan fingerprint density at radius 1 is 1.21 bits per heavy atom. The molecule has 5 nitrogen and oxygen atoms in total. The van der Waals surface area contributed by atoms with E-state index in [0.29, 0.717) is 28.9 Å². The van der Waals surface area contributed by atoms with Crippen LogP contribution < -0.4 is 5.32 Å². The van der Waals surface area contributed by atoms with E-state index in [-0.39, 0.29) is 5.91 Å². The number of amides is 1. The maximum atomic E-state index is 12.4. The molecule has 0 saturated carbocycles. The van der Waals surface area contributed by atoms with Crippen molar-refractivity contribution in [3.63, 3.8) is 0 Å². The molecule has 0 aromatic carbocycles. The molecule has 132 valence electrons. The predicted octanol–water partition coefficient (Wildman–Crippen LogP) is 3.24. The van der Waals surface area contributed by atoms with Crippen LogP contribution in [-0.2, 0) is 17.6 Å². The summed E-state index contributed by atoms with van der Waals surface area (Å²) in [5.74, 6) is 0.178. The minimum Gasteiger partial charge on any atom is -0.478 e. The lowest BCUT2D eigenvalue weighted by molar-refractivity contribution is -0.117. The number of thiophene rings is 1. The Balaban J connectivity index is 1.70. The number of likely N-dealkylation sites (tertiary alicyclic amines) is 1. The first kappa shape index (κ1) is 17.4. The van der Waals surface area contributed by atoms with Crippen molar-refractivity contribution >= 4 is 28.2 Å². The van der Waals surface area contributed by atoms with Crippen LogP contribution in [0.1, 0.15) is 53.9 Å². The third-order valence-electron chi connectivity index (χ3n) is 4.95. The average molecular weight is 350 g/mol. The first-order valence-electron chi connectivity index (χ1n) is 8.84. The number of carboxylic acids is 1. The number of anilines is 1. The number of nitrogens with zero attached hydrogens (tertiary/aromatic N) is 1. The van der Waals surface area contributed by atoms with Gasteiger partial charge in [0.15, 0.2) is 0 Å². The molecule has 1 aromatic heterocycles. The molecule has 2 N–H and O–H groups in total. The van der Waals surface area contributed by atoms with Crippen LogP contribution in [0.3, 0.4) is 0 Å². The molecular formula is C18H26N2O3S. The lowest BCUT2D eigenvalue weighted by atomic mass is 9.92. The van der Waals surface area contributed by atoms with Gasteiger partial charge in [0.1, 0.15) is 5.00 Å². The number of nitrogens with one attached hydrogen (secondary N) is 1. The summed E-state index contributed by atoms with van der Waals surface area (Å²) < 4.78 is 0. The first-order valence-corrected chi connectivity index (χ1v) is 9.65. The molecule has 1 saturated heterocycles. The minimum atomic E-state index is -0.926. The molecule has 24 heavy (non-hydrogen) atoms. The van der Waals surface area contributed by atoms with Crippen molar-refractivity contribution in [1.82, 2.24) is 4.90 Å².